The van der Waals surface area contributed by atoms with E-state index in [-0.39, 0.29) is 17.8 Å². The highest BCUT2D eigenvalue weighted by Gasteiger charge is 2.29. The van der Waals surface area contributed by atoms with E-state index in [1.807, 2.05) is 0 Å². The van der Waals surface area contributed by atoms with Gasteiger partial charge in [0.1, 0.15) is 5.82 Å². The molecule has 0 bridgehead atoms. The summed E-state index contributed by atoms with van der Waals surface area (Å²) in [4.78, 5) is 14.2. The van der Waals surface area contributed by atoms with E-state index < -0.39 is 0 Å². The zero-order valence-electron chi connectivity index (χ0n) is 10.5. The molecular weight excluding hydrogens is 253 g/mol. The summed E-state index contributed by atoms with van der Waals surface area (Å²) >= 11 is 5.75. The van der Waals surface area contributed by atoms with Gasteiger partial charge in [-0.1, -0.05) is 0 Å². The van der Waals surface area contributed by atoms with Crippen LogP contribution in [0.25, 0.3) is 0 Å². The van der Waals surface area contributed by atoms with Crippen LogP contribution < -0.4 is 0 Å². The number of aryl methyl sites for hydroxylation is 1. The van der Waals surface area contributed by atoms with Gasteiger partial charge in [-0.3, -0.25) is 4.79 Å². The predicted octanol–water partition coefficient (Wildman–Crippen LogP) is 3.37. The first-order valence-electron chi connectivity index (χ1n) is 6.26. The first-order chi connectivity index (χ1) is 8.61. The predicted molar refractivity (Wildman–Crippen MR) is 70.5 cm³/mol. The van der Waals surface area contributed by atoms with E-state index in [2.05, 4.69) is 0 Å². The lowest BCUT2D eigenvalue weighted by Crippen LogP contribution is -2.45. The third-order valence-electron chi connectivity index (χ3n) is 3.39. The molecule has 1 aliphatic rings. The minimum atomic E-state index is -0.363. The molecule has 98 valence electrons. The summed E-state index contributed by atoms with van der Waals surface area (Å²) in [6.07, 6.45) is 3.20. The summed E-state index contributed by atoms with van der Waals surface area (Å²) in [5, 5.41) is 0. The molecular formula is C14H17ClFNO. The molecule has 1 saturated carbocycles. The Morgan fingerprint density at radius 2 is 2.17 bits per heavy atom. The van der Waals surface area contributed by atoms with Crippen molar-refractivity contribution in [2.45, 2.75) is 32.2 Å². The van der Waals surface area contributed by atoms with E-state index >= 15 is 0 Å². The number of hydrogen-bond acceptors (Lipinski definition) is 1. The van der Waals surface area contributed by atoms with Crippen LogP contribution in [0, 0.1) is 12.7 Å². The van der Waals surface area contributed by atoms with E-state index in [4.69, 9.17) is 11.6 Å². The third-order valence-corrected chi connectivity index (χ3v) is 3.56. The highest BCUT2D eigenvalue weighted by molar-refractivity contribution is 6.18. The molecule has 2 rings (SSSR count). The van der Waals surface area contributed by atoms with Gasteiger partial charge in [0.2, 0.25) is 0 Å². The van der Waals surface area contributed by atoms with Crippen molar-refractivity contribution in [1.29, 1.82) is 0 Å². The van der Waals surface area contributed by atoms with Crippen LogP contribution >= 0.6 is 11.6 Å². The van der Waals surface area contributed by atoms with Gasteiger partial charge >= 0.3 is 0 Å². The number of rotatable bonds is 4. The van der Waals surface area contributed by atoms with E-state index in [9.17, 15) is 9.18 Å². The Kier molecular flexibility index (Phi) is 4.23. The quantitative estimate of drug-likeness (QED) is 0.768. The molecule has 1 aromatic rings. The lowest BCUT2D eigenvalue weighted by atomic mass is 9.91. The largest absolute Gasteiger partial charge is 0.334 e. The number of halogens is 2. The number of carbonyl (C=O) groups excluding carboxylic acids is 1. The van der Waals surface area contributed by atoms with E-state index in [1.54, 1.807) is 17.9 Å². The first-order valence-corrected chi connectivity index (χ1v) is 6.79. The molecule has 0 aliphatic heterocycles. The highest BCUT2D eigenvalue weighted by Crippen LogP contribution is 2.26. The molecule has 1 fully saturated rings. The number of carbonyl (C=O) groups is 1. The number of hydrogen-bond donors (Lipinski definition) is 0. The molecule has 0 radical (unpaired) electrons. The minimum absolute atomic E-state index is 0.108. The first kappa shape index (κ1) is 13.3. The Hall–Kier alpha value is -1.09. The Morgan fingerprint density at radius 3 is 2.67 bits per heavy atom. The maximum Gasteiger partial charge on any atom is 0.254 e. The van der Waals surface area contributed by atoms with Crippen LogP contribution in [0.5, 0.6) is 0 Å². The standard InChI is InChI=1S/C14H17ClFNO/c1-10-7-11(9-12(16)8-10)14(18)17(6-5-15)13-3-2-4-13/h7-9,13H,2-6H2,1H3. The van der Waals surface area contributed by atoms with Gasteiger partial charge < -0.3 is 4.90 Å². The highest BCUT2D eigenvalue weighted by atomic mass is 35.5. The maximum atomic E-state index is 13.3. The van der Waals surface area contributed by atoms with E-state index in [0.29, 0.717) is 18.0 Å². The molecule has 1 aliphatic carbocycles. The third kappa shape index (κ3) is 2.83. The molecule has 0 spiro atoms. The van der Waals surface area contributed by atoms with E-state index in [1.165, 1.54) is 12.1 Å². The fourth-order valence-electron chi connectivity index (χ4n) is 2.26. The Morgan fingerprint density at radius 1 is 1.44 bits per heavy atom. The summed E-state index contributed by atoms with van der Waals surface area (Å²) in [5.74, 6) is -0.0583. The smallest absolute Gasteiger partial charge is 0.254 e. The molecule has 0 saturated heterocycles. The van der Waals surface area contributed by atoms with Crippen LogP contribution in [-0.2, 0) is 0 Å². The van der Waals surface area contributed by atoms with Gasteiger partial charge in [0.15, 0.2) is 0 Å². The van der Waals surface area contributed by atoms with Crippen LogP contribution in [0.4, 0.5) is 4.39 Å². The molecule has 1 amide bonds. The number of alkyl halides is 1. The normalized spacial score (nSPS) is 15.3. The monoisotopic (exact) mass is 269 g/mol. The van der Waals surface area contributed by atoms with Crippen molar-refractivity contribution >= 4 is 17.5 Å². The SMILES string of the molecule is Cc1cc(F)cc(C(=O)N(CCCl)C2CCC2)c1. The van der Waals surface area contributed by atoms with Crippen molar-refractivity contribution < 1.29 is 9.18 Å². The fraction of sp³-hybridized carbons (Fsp3) is 0.500. The van der Waals surface area contributed by atoms with Crippen LogP contribution in [0.3, 0.4) is 0 Å². The van der Waals surface area contributed by atoms with Crippen LogP contribution in [-0.4, -0.2) is 29.3 Å². The van der Waals surface area contributed by atoms with Crippen LogP contribution in [0.2, 0.25) is 0 Å². The van der Waals surface area contributed by atoms with Gasteiger partial charge in [0, 0.05) is 24.0 Å². The average molecular weight is 270 g/mol. The Balaban J connectivity index is 2.21. The summed E-state index contributed by atoms with van der Waals surface area (Å²) in [5.41, 5.74) is 1.18. The topological polar surface area (TPSA) is 20.3 Å². The van der Waals surface area contributed by atoms with E-state index in [0.717, 1.165) is 24.8 Å². The molecule has 0 aromatic heterocycles. The van der Waals surface area contributed by atoms with Crippen molar-refractivity contribution in [3.8, 4) is 0 Å². The van der Waals surface area contributed by atoms with Crippen molar-refractivity contribution in [1.82, 2.24) is 4.90 Å². The zero-order chi connectivity index (χ0) is 13.1. The minimum Gasteiger partial charge on any atom is -0.334 e. The van der Waals surface area contributed by atoms with Crippen molar-refractivity contribution in [3.63, 3.8) is 0 Å². The number of benzene rings is 1. The molecule has 0 atom stereocenters. The molecule has 0 unspecified atom stereocenters. The molecule has 4 heteroatoms. The lowest BCUT2D eigenvalue weighted by Gasteiger charge is -2.37. The van der Waals surface area contributed by atoms with Crippen LogP contribution in [0.15, 0.2) is 18.2 Å². The Labute approximate surface area is 112 Å². The van der Waals surface area contributed by atoms with Gasteiger partial charge in [0.25, 0.3) is 5.91 Å². The molecule has 0 N–H and O–H groups in total. The summed E-state index contributed by atoms with van der Waals surface area (Å²) in [7, 11) is 0. The molecule has 2 nitrogen and oxygen atoms in total. The van der Waals surface area contributed by atoms with Gasteiger partial charge in [-0.2, -0.15) is 0 Å². The summed E-state index contributed by atoms with van der Waals surface area (Å²) in [6.45, 7) is 2.32. The van der Waals surface area contributed by atoms with Gasteiger partial charge in [-0.15, -0.1) is 11.6 Å². The van der Waals surface area contributed by atoms with Gasteiger partial charge in [0.05, 0.1) is 0 Å². The molecule has 1 aromatic carbocycles. The van der Waals surface area contributed by atoms with Crippen molar-refractivity contribution in [2.24, 2.45) is 0 Å². The van der Waals surface area contributed by atoms with Crippen LogP contribution in [0.1, 0.15) is 35.2 Å². The molecule has 18 heavy (non-hydrogen) atoms. The average Bonchev–Trinajstić information content (AvgIpc) is 2.23. The number of amides is 1. The summed E-state index contributed by atoms with van der Waals surface area (Å²) < 4.78 is 13.3. The second-order valence-electron chi connectivity index (χ2n) is 4.79. The second kappa shape index (κ2) is 5.70. The van der Waals surface area contributed by atoms with Gasteiger partial charge in [-0.25, -0.2) is 4.39 Å². The number of nitrogens with zero attached hydrogens (tertiary/aromatic N) is 1. The fourth-order valence-corrected chi connectivity index (χ4v) is 2.45. The Bertz CT molecular complexity index is 425. The van der Waals surface area contributed by atoms with Crippen molar-refractivity contribution in [3.05, 3.63) is 35.1 Å². The van der Waals surface area contributed by atoms with Crippen molar-refractivity contribution in [2.75, 3.05) is 12.4 Å². The zero-order valence-corrected chi connectivity index (χ0v) is 11.2. The van der Waals surface area contributed by atoms with Gasteiger partial charge in [-0.05, 0) is 49.9 Å². The molecule has 0 heterocycles. The summed E-state index contributed by atoms with van der Waals surface area (Å²) in [6, 6.07) is 4.73. The maximum absolute atomic E-state index is 13.3. The second-order valence-corrected chi connectivity index (χ2v) is 5.17. The lowest BCUT2D eigenvalue weighted by molar-refractivity contribution is 0.0597.